The van der Waals surface area contributed by atoms with Crippen LogP contribution in [-0.2, 0) is 23.0 Å². The average Bonchev–Trinajstić information content (AvgIpc) is 2.72. The van der Waals surface area contributed by atoms with E-state index in [9.17, 15) is 17.6 Å². The van der Waals surface area contributed by atoms with Crippen LogP contribution in [0.3, 0.4) is 0 Å². The number of carbonyl (C=O) groups excluding carboxylic acids is 1. The lowest BCUT2D eigenvalue weighted by molar-refractivity contribution is 0.0952. The predicted molar refractivity (Wildman–Crippen MR) is 111 cm³/mol. The second-order valence-corrected chi connectivity index (χ2v) is 9.22. The molecule has 0 saturated carbocycles. The summed E-state index contributed by atoms with van der Waals surface area (Å²) in [7, 11) is -0.571. The number of carbonyl (C=O) groups is 1. The van der Waals surface area contributed by atoms with Crippen molar-refractivity contribution >= 4 is 27.5 Å². The molecule has 3 rings (SSSR count). The van der Waals surface area contributed by atoms with Gasteiger partial charge in [-0.25, -0.2) is 12.8 Å². The Kier molecular flexibility index (Phi) is 6.84. The minimum Gasteiger partial charge on any atom is -0.493 e. The Morgan fingerprint density at radius 2 is 1.87 bits per heavy atom. The fraction of sp³-hybridized carbons (Fsp3) is 0.350. The number of hydrogen-bond acceptors (Lipinski definition) is 5. The lowest BCUT2D eigenvalue weighted by atomic mass is 10.0. The van der Waals surface area contributed by atoms with Gasteiger partial charge in [0.25, 0.3) is 5.91 Å². The number of hydrogen-bond donors (Lipinski definition) is 1. The molecule has 2 aromatic rings. The van der Waals surface area contributed by atoms with Crippen LogP contribution in [0.4, 0.5) is 4.39 Å². The number of sulfonamides is 1. The minimum absolute atomic E-state index is 0.0348. The summed E-state index contributed by atoms with van der Waals surface area (Å²) in [4.78, 5) is 12.2. The number of halogens is 2. The van der Waals surface area contributed by atoms with Gasteiger partial charge >= 0.3 is 0 Å². The highest BCUT2D eigenvalue weighted by Crippen LogP contribution is 2.33. The van der Waals surface area contributed by atoms with Crippen molar-refractivity contribution in [2.24, 2.45) is 0 Å². The van der Waals surface area contributed by atoms with Gasteiger partial charge in [-0.2, -0.15) is 4.31 Å². The Bertz CT molecular complexity index is 1040. The molecule has 1 heterocycles. The van der Waals surface area contributed by atoms with E-state index in [2.05, 4.69) is 5.32 Å². The maximum Gasteiger partial charge on any atom is 0.255 e. The van der Waals surface area contributed by atoms with Crippen molar-refractivity contribution in [1.82, 2.24) is 9.62 Å². The Morgan fingerprint density at radius 1 is 1.20 bits per heavy atom. The number of fused-ring (bicyclic) bond motifs is 1. The van der Waals surface area contributed by atoms with Crippen molar-refractivity contribution in [3.8, 4) is 11.5 Å². The van der Waals surface area contributed by atoms with Crippen LogP contribution in [0.1, 0.15) is 21.5 Å². The summed E-state index contributed by atoms with van der Waals surface area (Å²) in [6.45, 7) is 0.351. The van der Waals surface area contributed by atoms with Gasteiger partial charge in [-0.3, -0.25) is 4.79 Å². The third kappa shape index (κ3) is 4.69. The van der Waals surface area contributed by atoms with Gasteiger partial charge in [-0.05, 0) is 41.8 Å². The van der Waals surface area contributed by atoms with E-state index in [0.29, 0.717) is 24.5 Å². The first kappa shape index (κ1) is 22.3. The SMILES string of the molecule is COc1cc2c(cc1OC)CN(S(=O)(=O)CCNC(=O)c1c(F)cccc1Cl)CC2. The van der Waals surface area contributed by atoms with E-state index in [4.69, 9.17) is 21.1 Å². The highest BCUT2D eigenvalue weighted by molar-refractivity contribution is 7.89. The van der Waals surface area contributed by atoms with E-state index in [-0.39, 0.29) is 29.4 Å². The van der Waals surface area contributed by atoms with Gasteiger partial charge in [0.05, 0.1) is 30.6 Å². The first-order valence-electron chi connectivity index (χ1n) is 9.20. The maximum atomic E-state index is 13.8. The number of benzene rings is 2. The number of nitrogens with one attached hydrogen (secondary N) is 1. The van der Waals surface area contributed by atoms with Crippen molar-refractivity contribution in [2.75, 3.05) is 33.1 Å². The van der Waals surface area contributed by atoms with Crippen molar-refractivity contribution in [3.05, 3.63) is 57.9 Å². The van der Waals surface area contributed by atoms with E-state index in [1.807, 2.05) is 6.07 Å². The molecule has 0 atom stereocenters. The van der Waals surface area contributed by atoms with Gasteiger partial charge < -0.3 is 14.8 Å². The molecule has 0 radical (unpaired) electrons. The van der Waals surface area contributed by atoms with Crippen LogP contribution >= 0.6 is 11.6 Å². The molecular weight excluding hydrogens is 435 g/mol. The minimum atomic E-state index is -3.64. The Balaban J connectivity index is 1.65. The summed E-state index contributed by atoms with van der Waals surface area (Å²) >= 11 is 5.86. The molecule has 1 amide bonds. The number of rotatable bonds is 7. The largest absolute Gasteiger partial charge is 0.493 e. The average molecular weight is 457 g/mol. The van der Waals surface area contributed by atoms with Crippen LogP contribution in [0, 0.1) is 5.82 Å². The zero-order valence-electron chi connectivity index (χ0n) is 16.6. The lowest BCUT2D eigenvalue weighted by Crippen LogP contribution is -2.40. The first-order valence-corrected chi connectivity index (χ1v) is 11.2. The van der Waals surface area contributed by atoms with Gasteiger partial charge in [-0.1, -0.05) is 17.7 Å². The smallest absolute Gasteiger partial charge is 0.255 e. The highest BCUT2D eigenvalue weighted by atomic mass is 35.5. The van der Waals surface area contributed by atoms with E-state index >= 15 is 0 Å². The summed E-state index contributed by atoms with van der Waals surface area (Å²) < 4.78 is 51.3. The van der Waals surface area contributed by atoms with Crippen LogP contribution in [0.5, 0.6) is 11.5 Å². The number of ether oxygens (including phenoxy) is 2. The molecule has 0 saturated heterocycles. The zero-order chi connectivity index (χ0) is 21.9. The molecule has 0 unspecified atom stereocenters. The second kappa shape index (κ2) is 9.20. The van der Waals surface area contributed by atoms with Gasteiger partial charge in [0, 0.05) is 19.6 Å². The Hall–Kier alpha value is -2.36. The normalized spacial score (nSPS) is 14.1. The molecule has 0 aliphatic carbocycles. The van der Waals surface area contributed by atoms with Crippen molar-refractivity contribution in [3.63, 3.8) is 0 Å². The molecule has 0 spiro atoms. The fourth-order valence-corrected chi connectivity index (χ4v) is 4.89. The highest BCUT2D eigenvalue weighted by Gasteiger charge is 2.28. The number of nitrogens with zero attached hydrogens (tertiary/aromatic N) is 1. The molecule has 0 fully saturated rings. The molecule has 0 aromatic heterocycles. The molecule has 1 aliphatic heterocycles. The molecule has 1 aliphatic rings. The molecule has 1 N–H and O–H groups in total. The number of methoxy groups -OCH3 is 2. The van der Waals surface area contributed by atoms with E-state index in [1.165, 1.54) is 23.5 Å². The van der Waals surface area contributed by atoms with Crippen LogP contribution in [-0.4, -0.2) is 51.7 Å². The summed E-state index contributed by atoms with van der Waals surface area (Å²) in [5.41, 5.74) is 1.54. The van der Waals surface area contributed by atoms with Crippen LogP contribution in [0.15, 0.2) is 30.3 Å². The van der Waals surface area contributed by atoms with E-state index in [1.54, 1.807) is 13.2 Å². The third-order valence-electron chi connectivity index (χ3n) is 4.91. The van der Waals surface area contributed by atoms with Crippen LogP contribution in [0.2, 0.25) is 5.02 Å². The lowest BCUT2D eigenvalue weighted by Gasteiger charge is -2.29. The van der Waals surface area contributed by atoms with Gasteiger partial charge in [0.1, 0.15) is 5.82 Å². The van der Waals surface area contributed by atoms with Gasteiger partial charge in [-0.15, -0.1) is 0 Å². The Morgan fingerprint density at radius 3 is 2.50 bits per heavy atom. The molecule has 2 aromatic carbocycles. The molecular formula is C20H22ClFN2O5S. The topological polar surface area (TPSA) is 84.9 Å². The summed E-state index contributed by atoms with van der Waals surface area (Å²) in [5.74, 6) is -0.700. The quantitative estimate of drug-likeness (QED) is 0.692. The van der Waals surface area contributed by atoms with Crippen LogP contribution in [0.25, 0.3) is 0 Å². The molecule has 7 nitrogen and oxygen atoms in total. The summed E-state index contributed by atoms with van der Waals surface area (Å²) in [6.07, 6.45) is 0.534. The fourth-order valence-electron chi connectivity index (χ4n) is 3.32. The third-order valence-corrected chi connectivity index (χ3v) is 7.05. The van der Waals surface area contributed by atoms with Gasteiger partial charge in [0.2, 0.25) is 10.0 Å². The number of amides is 1. The summed E-state index contributed by atoms with van der Waals surface area (Å²) in [5, 5.41) is 2.39. The van der Waals surface area contributed by atoms with Crippen molar-refractivity contribution < 1.29 is 27.1 Å². The second-order valence-electron chi connectivity index (χ2n) is 6.73. The maximum absolute atomic E-state index is 13.8. The standard InChI is InChI=1S/C20H22ClFN2O5S/c1-28-17-10-13-6-8-24(12-14(13)11-18(17)29-2)30(26,27)9-7-23-20(25)19-15(21)4-3-5-16(19)22/h3-5,10-11H,6-9,12H2,1-2H3,(H,23,25). The zero-order valence-corrected chi connectivity index (χ0v) is 18.1. The monoisotopic (exact) mass is 456 g/mol. The van der Waals surface area contributed by atoms with Crippen LogP contribution < -0.4 is 14.8 Å². The van der Waals surface area contributed by atoms with Crippen molar-refractivity contribution in [2.45, 2.75) is 13.0 Å². The molecule has 30 heavy (non-hydrogen) atoms. The summed E-state index contributed by atoms with van der Waals surface area (Å²) in [6, 6.07) is 7.53. The molecule has 10 heteroatoms. The molecule has 162 valence electrons. The molecule has 0 bridgehead atoms. The first-order chi connectivity index (χ1) is 14.3. The van der Waals surface area contributed by atoms with Crippen molar-refractivity contribution in [1.29, 1.82) is 0 Å². The Labute approximate surface area is 179 Å². The van der Waals surface area contributed by atoms with E-state index < -0.39 is 21.7 Å². The predicted octanol–water partition coefficient (Wildman–Crippen LogP) is 2.61. The van der Waals surface area contributed by atoms with Gasteiger partial charge in [0.15, 0.2) is 11.5 Å². The van der Waals surface area contributed by atoms with E-state index in [0.717, 1.165) is 17.2 Å².